The molecule has 0 aliphatic carbocycles. The fourth-order valence-corrected chi connectivity index (χ4v) is 3.56. The normalized spacial score (nSPS) is 29.5. The maximum atomic E-state index is 6.36. The highest BCUT2D eigenvalue weighted by Gasteiger charge is 2.45. The second kappa shape index (κ2) is 5.04. The summed E-state index contributed by atoms with van der Waals surface area (Å²) in [6.07, 6.45) is 2.86. The third-order valence-corrected chi connectivity index (χ3v) is 4.45. The van der Waals surface area contributed by atoms with Crippen LogP contribution in [0.15, 0.2) is 60.7 Å². The molecule has 4 rings (SSSR count). The van der Waals surface area contributed by atoms with Crippen molar-refractivity contribution in [2.75, 3.05) is 6.54 Å². The summed E-state index contributed by atoms with van der Waals surface area (Å²) in [7, 11) is 0. The number of hydrogen-bond donors (Lipinski definition) is 0. The standard InChI is InChI=1S/C18H19NO/c1-3-8-14(9-4-1)17-18(15-10-5-2-6-11-15)20-16-12-7-13-19(16)17/h1-6,8-11,16-18H,7,12-13H2. The van der Waals surface area contributed by atoms with Crippen molar-refractivity contribution >= 4 is 0 Å². The smallest absolute Gasteiger partial charge is 0.112 e. The third-order valence-electron chi connectivity index (χ3n) is 4.45. The van der Waals surface area contributed by atoms with Gasteiger partial charge in [0.25, 0.3) is 0 Å². The summed E-state index contributed by atoms with van der Waals surface area (Å²) < 4.78 is 6.36. The first kappa shape index (κ1) is 12.1. The molecule has 0 N–H and O–H groups in total. The largest absolute Gasteiger partial charge is 0.353 e. The van der Waals surface area contributed by atoms with Gasteiger partial charge in [0.15, 0.2) is 0 Å². The SMILES string of the molecule is c1ccc(C2OC3CCCN3C2c2ccccc2)cc1. The summed E-state index contributed by atoms with van der Waals surface area (Å²) in [6, 6.07) is 21.8. The summed E-state index contributed by atoms with van der Waals surface area (Å²) in [4.78, 5) is 2.53. The minimum Gasteiger partial charge on any atom is -0.353 e. The van der Waals surface area contributed by atoms with Gasteiger partial charge < -0.3 is 4.74 Å². The molecule has 0 radical (unpaired) electrons. The van der Waals surface area contributed by atoms with E-state index >= 15 is 0 Å². The number of ether oxygens (including phenoxy) is 1. The van der Waals surface area contributed by atoms with Gasteiger partial charge >= 0.3 is 0 Å². The van der Waals surface area contributed by atoms with Crippen LogP contribution in [-0.2, 0) is 4.74 Å². The van der Waals surface area contributed by atoms with Crippen molar-refractivity contribution in [3.05, 3.63) is 71.8 Å². The van der Waals surface area contributed by atoms with Crippen molar-refractivity contribution < 1.29 is 4.74 Å². The highest BCUT2D eigenvalue weighted by molar-refractivity contribution is 5.28. The molecular weight excluding hydrogens is 246 g/mol. The zero-order valence-corrected chi connectivity index (χ0v) is 11.5. The van der Waals surface area contributed by atoms with Crippen LogP contribution in [0.3, 0.4) is 0 Å². The predicted octanol–water partition coefficient (Wildman–Crippen LogP) is 3.92. The summed E-state index contributed by atoms with van der Waals surface area (Å²) in [5, 5.41) is 0. The van der Waals surface area contributed by atoms with Crippen LogP contribution >= 0.6 is 0 Å². The first-order chi connectivity index (χ1) is 9.93. The fourth-order valence-electron chi connectivity index (χ4n) is 3.56. The molecule has 2 heterocycles. The lowest BCUT2D eigenvalue weighted by Gasteiger charge is -2.25. The molecule has 2 aliphatic rings. The Morgan fingerprint density at radius 2 is 1.50 bits per heavy atom. The quantitative estimate of drug-likeness (QED) is 0.816. The van der Waals surface area contributed by atoms with Gasteiger partial charge in [-0.05, 0) is 24.0 Å². The number of fused-ring (bicyclic) bond motifs is 1. The van der Waals surface area contributed by atoms with Crippen LogP contribution in [0.4, 0.5) is 0 Å². The van der Waals surface area contributed by atoms with E-state index in [1.807, 2.05) is 0 Å². The monoisotopic (exact) mass is 265 g/mol. The molecule has 0 bridgehead atoms. The van der Waals surface area contributed by atoms with Gasteiger partial charge in [0, 0.05) is 6.54 Å². The average molecular weight is 265 g/mol. The van der Waals surface area contributed by atoms with Gasteiger partial charge in [-0.3, -0.25) is 4.90 Å². The van der Waals surface area contributed by atoms with Crippen LogP contribution in [0, 0.1) is 0 Å². The van der Waals surface area contributed by atoms with E-state index in [1.165, 1.54) is 17.5 Å². The van der Waals surface area contributed by atoms with Crippen LogP contribution in [0.5, 0.6) is 0 Å². The summed E-state index contributed by atoms with van der Waals surface area (Å²) in [5.41, 5.74) is 2.65. The Morgan fingerprint density at radius 3 is 2.20 bits per heavy atom. The number of hydrogen-bond acceptors (Lipinski definition) is 2. The van der Waals surface area contributed by atoms with Crippen molar-refractivity contribution in [2.24, 2.45) is 0 Å². The van der Waals surface area contributed by atoms with Gasteiger partial charge in [-0.2, -0.15) is 0 Å². The maximum absolute atomic E-state index is 6.36. The first-order valence-electron chi connectivity index (χ1n) is 7.44. The Morgan fingerprint density at radius 1 is 0.850 bits per heavy atom. The molecule has 20 heavy (non-hydrogen) atoms. The van der Waals surface area contributed by atoms with Crippen molar-refractivity contribution in [1.29, 1.82) is 0 Å². The van der Waals surface area contributed by atoms with Crippen LogP contribution in [0.2, 0.25) is 0 Å². The molecule has 2 aliphatic heterocycles. The van der Waals surface area contributed by atoms with E-state index in [9.17, 15) is 0 Å². The van der Waals surface area contributed by atoms with Gasteiger partial charge in [-0.15, -0.1) is 0 Å². The summed E-state index contributed by atoms with van der Waals surface area (Å²) >= 11 is 0. The van der Waals surface area contributed by atoms with Gasteiger partial charge in [-0.1, -0.05) is 60.7 Å². The van der Waals surface area contributed by atoms with E-state index < -0.39 is 0 Å². The molecule has 3 unspecified atom stereocenters. The maximum Gasteiger partial charge on any atom is 0.112 e. The second-order valence-corrected chi connectivity index (χ2v) is 5.66. The zero-order valence-electron chi connectivity index (χ0n) is 11.5. The Balaban J connectivity index is 1.74. The molecule has 3 atom stereocenters. The molecule has 0 spiro atoms. The summed E-state index contributed by atoms with van der Waals surface area (Å²) in [6.45, 7) is 1.15. The first-order valence-corrected chi connectivity index (χ1v) is 7.44. The van der Waals surface area contributed by atoms with Crippen molar-refractivity contribution in [1.82, 2.24) is 4.90 Å². The molecule has 0 amide bonds. The lowest BCUT2D eigenvalue weighted by molar-refractivity contribution is 0.0173. The van der Waals surface area contributed by atoms with Gasteiger partial charge in [0.1, 0.15) is 12.3 Å². The van der Waals surface area contributed by atoms with Crippen LogP contribution < -0.4 is 0 Å². The second-order valence-electron chi connectivity index (χ2n) is 5.66. The molecule has 2 nitrogen and oxygen atoms in total. The summed E-state index contributed by atoms with van der Waals surface area (Å²) in [5.74, 6) is 0. The molecule has 2 aromatic carbocycles. The van der Waals surface area contributed by atoms with Crippen molar-refractivity contribution in [2.45, 2.75) is 31.2 Å². The number of rotatable bonds is 2. The van der Waals surface area contributed by atoms with E-state index in [4.69, 9.17) is 4.74 Å². The number of benzene rings is 2. The van der Waals surface area contributed by atoms with Gasteiger partial charge in [0.05, 0.1) is 6.04 Å². The zero-order chi connectivity index (χ0) is 13.4. The highest BCUT2D eigenvalue weighted by atomic mass is 16.5. The highest BCUT2D eigenvalue weighted by Crippen LogP contribution is 2.47. The third kappa shape index (κ3) is 1.96. The van der Waals surface area contributed by atoms with Crippen LogP contribution in [0.25, 0.3) is 0 Å². The van der Waals surface area contributed by atoms with E-state index in [0.717, 1.165) is 13.0 Å². The van der Waals surface area contributed by atoms with E-state index in [1.54, 1.807) is 0 Å². The lowest BCUT2D eigenvalue weighted by atomic mass is 9.95. The van der Waals surface area contributed by atoms with Crippen molar-refractivity contribution in [3.63, 3.8) is 0 Å². The van der Waals surface area contributed by atoms with Crippen LogP contribution in [-0.4, -0.2) is 17.7 Å². The molecular formula is C18H19NO. The Bertz CT molecular complexity index is 568. The Labute approximate surface area is 120 Å². The topological polar surface area (TPSA) is 12.5 Å². The van der Waals surface area contributed by atoms with E-state index in [0.29, 0.717) is 12.3 Å². The lowest BCUT2D eigenvalue weighted by Crippen LogP contribution is -2.26. The molecule has 2 aromatic rings. The molecule has 0 aromatic heterocycles. The van der Waals surface area contributed by atoms with Crippen LogP contribution in [0.1, 0.15) is 36.1 Å². The minimum atomic E-state index is 0.156. The van der Waals surface area contributed by atoms with Gasteiger partial charge in [-0.25, -0.2) is 0 Å². The van der Waals surface area contributed by atoms with E-state index in [2.05, 4.69) is 65.6 Å². The minimum absolute atomic E-state index is 0.156. The van der Waals surface area contributed by atoms with Crippen molar-refractivity contribution in [3.8, 4) is 0 Å². The molecule has 2 heteroatoms. The Hall–Kier alpha value is -1.64. The molecule has 2 saturated heterocycles. The fraction of sp³-hybridized carbons (Fsp3) is 0.333. The average Bonchev–Trinajstić information content (AvgIpc) is 3.09. The number of nitrogens with zero attached hydrogens (tertiary/aromatic N) is 1. The van der Waals surface area contributed by atoms with E-state index in [-0.39, 0.29) is 6.10 Å². The Kier molecular flexibility index (Phi) is 3.06. The van der Waals surface area contributed by atoms with Gasteiger partial charge in [0.2, 0.25) is 0 Å². The predicted molar refractivity (Wildman–Crippen MR) is 79.2 cm³/mol. The molecule has 2 fully saturated rings. The molecule has 102 valence electrons. The molecule has 0 saturated carbocycles.